The number of nitrogens with zero attached hydrogens (tertiary/aromatic N) is 1. The lowest BCUT2D eigenvalue weighted by Crippen LogP contribution is -2.34. The summed E-state index contributed by atoms with van der Waals surface area (Å²) in [5, 5.41) is 12.9. The molecular formula is C13H20BrN3O. The maximum absolute atomic E-state index is 9.42. The van der Waals surface area contributed by atoms with Crippen LogP contribution in [0.2, 0.25) is 0 Å². The van der Waals surface area contributed by atoms with Crippen LogP contribution in [0.3, 0.4) is 0 Å². The van der Waals surface area contributed by atoms with Crippen LogP contribution in [0.5, 0.6) is 0 Å². The Labute approximate surface area is 116 Å². The number of nitrogens with one attached hydrogen (secondary N) is 1. The molecule has 1 aliphatic rings. The molecule has 18 heavy (non-hydrogen) atoms. The van der Waals surface area contributed by atoms with Gasteiger partial charge in [0.2, 0.25) is 0 Å². The van der Waals surface area contributed by atoms with Crippen molar-refractivity contribution in [1.29, 1.82) is 0 Å². The van der Waals surface area contributed by atoms with Crippen LogP contribution in [0.1, 0.15) is 31.2 Å². The van der Waals surface area contributed by atoms with E-state index in [0.717, 1.165) is 28.7 Å². The molecule has 1 aromatic heterocycles. The number of halogens is 1. The highest BCUT2D eigenvalue weighted by Gasteiger charge is 2.25. The number of anilines is 2. The Bertz CT molecular complexity index is 425. The van der Waals surface area contributed by atoms with E-state index in [1.807, 2.05) is 6.92 Å². The fraction of sp³-hybridized carbons (Fsp3) is 0.615. The van der Waals surface area contributed by atoms with Gasteiger partial charge in [0, 0.05) is 18.6 Å². The van der Waals surface area contributed by atoms with E-state index >= 15 is 0 Å². The first-order chi connectivity index (χ1) is 8.63. The van der Waals surface area contributed by atoms with E-state index in [1.165, 1.54) is 12.8 Å². The summed E-state index contributed by atoms with van der Waals surface area (Å²) < 4.78 is 0.921. The molecule has 0 bridgehead atoms. The molecule has 1 aliphatic carbocycles. The van der Waals surface area contributed by atoms with Crippen LogP contribution in [0.25, 0.3) is 0 Å². The lowest BCUT2D eigenvalue weighted by atomic mass is 9.85. The molecule has 0 aliphatic heterocycles. The molecule has 2 unspecified atom stereocenters. The van der Waals surface area contributed by atoms with Crippen molar-refractivity contribution in [3.8, 4) is 0 Å². The van der Waals surface area contributed by atoms with E-state index < -0.39 is 0 Å². The number of nitrogen functional groups attached to an aromatic ring is 1. The van der Waals surface area contributed by atoms with Crippen LogP contribution in [0, 0.1) is 12.8 Å². The first-order valence-corrected chi connectivity index (χ1v) is 7.20. The summed E-state index contributed by atoms with van der Waals surface area (Å²) in [6.45, 7) is 2.21. The van der Waals surface area contributed by atoms with Crippen molar-refractivity contribution < 1.29 is 5.11 Å². The number of pyridine rings is 1. The number of hydrogen-bond donors (Lipinski definition) is 3. The molecule has 0 radical (unpaired) electrons. The van der Waals surface area contributed by atoms with Crippen molar-refractivity contribution in [1.82, 2.24) is 4.98 Å². The number of rotatable bonds is 3. The lowest BCUT2D eigenvalue weighted by molar-refractivity contribution is 0.178. The Kier molecular flexibility index (Phi) is 4.45. The van der Waals surface area contributed by atoms with Gasteiger partial charge in [-0.3, -0.25) is 0 Å². The average Bonchev–Trinajstić information content (AvgIpc) is 2.40. The Morgan fingerprint density at radius 2 is 2.22 bits per heavy atom. The Balaban J connectivity index is 2.15. The molecule has 0 saturated heterocycles. The van der Waals surface area contributed by atoms with E-state index in [0.29, 0.717) is 17.6 Å². The second-order valence-electron chi connectivity index (χ2n) is 4.98. The summed E-state index contributed by atoms with van der Waals surface area (Å²) in [5.74, 6) is 1.15. The molecule has 0 amide bonds. The standard InChI is InChI=1S/C13H20BrN3O/c1-8-10(15)6-16-13(12(8)14)17-11-5-3-2-4-9(11)7-18/h6,9,11,18H,2-5,7,15H2,1H3,(H,16,17). The molecule has 1 heterocycles. The molecule has 0 spiro atoms. The number of nitrogens with two attached hydrogens (primary N) is 1. The summed E-state index contributed by atoms with van der Waals surface area (Å²) >= 11 is 3.53. The number of aliphatic hydroxyl groups is 1. The fourth-order valence-electron chi connectivity index (χ4n) is 2.48. The predicted octanol–water partition coefficient (Wildman–Crippen LogP) is 2.70. The maximum atomic E-state index is 9.42. The van der Waals surface area contributed by atoms with E-state index in [-0.39, 0.29) is 6.61 Å². The lowest BCUT2D eigenvalue weighted by Gasteiger charge is -2.31. The second kappa shape index (κ2) is 5.89. The van der Waals surface area contributed by atoms with Gasteiger partial charge in [-0.2, -0.15) is 0 Å². The van der Waals surface area contributed by atoms with Gasteiger partial charge in [0.05, 0.1) is 16.4 Å². The second-order valence-corrected chi connectivity index (χ2v) is 5.77. The van der Waals surface area contributed by atoms with Crippen molar-refractivity contribution >= 4 is 27.4 Å². The van der Waals surface area contributed by atoms with Crippen molar-refractivity contribution in [3.05, 3.63) is 16.2 Å². The third-order valence-electron chi connectivity index (χ3n) is 3.77. The van der Waals surface area contributed by atoms with Gasteiger partial charge >= 0.3 is 0 Å². The zero-order chi connectivity index (χ0) is 13.1. The highest BCUT2D eigenvalue weighted by Crippen LogP contribution is 2.32. The summed E-state index contributed by atoms with van der Waals surface area (Å²) in [6.07, 6.45) is 6.26. The fourth-order valence-corrected chi connectivity index (χ4v) is 2.93. The average molecular weight is 314 g/mol. The minimum Gasteiger partial charge on any atom is -0.397 e. The molecule has 1 saturated carbocycles. The highest BCUT2D eigenvalue weighted by molar-refractivity contribution is 9.10. The maximum Gasteiger partial charge on any atom is 0.140 e. The molecule has 2 rings (SSSR count). The van der Waals surface area contributed by atoms with Crippen LogP contribution in [-0.2, 0) is 0 Å². The Hall–Kier alpha value is -0.810. The van der Waals surface area contributed by atoms with Gasteiger partial charge in [-0.15, -0.1) is 0 Å². The van der Waals surface area contributed by atoms with Crippen LogP contribution in [0.15, 0.2) is 10.7 Å². The molecule has 100 valence electrons. The number of aliphatic hydroxyl groups excluding tert-OH is 1. The molecule has 5 heteroatoms. The minimum atomic E-state index is 0.239. The number of aromatic nitrogens is 1. The normalized spacial score (nSPS) is 23.9. The topological polar surface area (TPSA) is 71.2 Å². The van der Waals surface area contributed by atoms with Crippen LogP contribution in [-0.4, -0.2) is 22.7 Å². The Morgan fingerprint density at radius 1 is 1.50 bits per heavy atom. The minimum absolute atomic E-state index is 0.239. The highest BCUT2D eigenvalue weighted by atomic mass is 79.9. The van der Waals surface area contributed by atoms with E-state index in [4.69, 9.17) is 5.73 Å². The zero-order valence-corrected chi connectivity index (χ0v) is 12.2. The smallest absolute Gasteiger partial charge is 0.140 e. The molecular weight excluding hydrogens is 294 g/mol. The molecule has 4 N–H and O–H groups in total. The summed E-state index contributed by atoms with van der Waals surface area (Å²) in [6, 6.07) is 0.301. The van der Waals surface area contributed by atoms with Crippen LogP contribution < -0.4 is 11.1 Å². The van der Waals surface area contributed by atoms with Gasteiger partial charge in [0.1, 0.15) is 5.82 Å². The first-order valence-electron chi connectivity index (χ1n) is 6.41. The number of hydrogen-bond acceptors (Lipinski definition) is 4. The molecule has 1 aromatic rings. The van der Waals surface area contributed by atoms with Crippen molar-refractivity contribution in [2.24, 2.45) is 5.92 Å². The van der Waals surface area contributed by atoms with Gasteiger partial charge in [-0.25, -0.2) is 4.98 Å². The van der Waals surface area contributed by atoms with E-state index in [9.17, 15) is 5.11 Å². The Morgan fingerprint density at radius 3 is 2.94 bits per heavy atom. The van der Waals surface area contributed by atoms with Gasteiger partial charge in [-0.1, -0.05) is 12.8 Å². The van der Waals surface area contributed by atoms with Crippen molar-refractivity contribution in [2.75, 3.05) is 17.7 Å². The summed E-state index contributed by atoms with van der Waals surface area (Å²) in [5.41, 5.74) is 7.51. The predicted molar refractivity (Wildman–Crippen MR) is 77.5 cm³/mol. The van der Waals surface area contributed by atoms with Crippen LogP contribution in [0.4, 0.5) is 11.5 Å². The molecule has 1 fully saturated rings. The quantitative estimate of drug-likeness (QED) is 0.802. The van der Waals surface area contributed by atoms with Crippen molar-refractivity contribution in [3.63, 3.8) is 0 Å². The molecule has 0 aromatic carbocycles. The molecule has 2 atom stereocenters. The van der Waals surface area contributed by atoms with E-state index in [2.05, 4.69) is 26.2 Å². The third-order valence-corrected chi connectivity index (χ3v) is 4.74. The van der Waals surface area contributed by atoms with Crippen LogP contribution >= 0.6 is 15.9 Å². The van der Waals surface area contributed by atoms with Crippen molar-refractivity contribution in [2.45, 2.75) is 38.6 Å². The SMILES string of the molecule is Cc1c(N)cnc(NC2CCCCC2CO)c1Br. The summed E-state index contributed by atoms with van der Waals surface area (Å²) in [4.78, 5) is 4.34. The summed E-state index contributed by atoms with van der Waals surface area (Å²) in [7, 11) is 0. The van der Waals surface area contributed by atoms with Gasteiger partial charge in [0.25, 0.3) is 0 Å². The molecule has 4 nitrogen and oxygen atoms in total. The zero-order valence-electron chi connectivity index (χ0n) is 10.6. The van der Waals surface area contributed by atoms with Gasteiger partial charge < -0.3 is 16.2 Å². The van der Waals surface area contributed by atoms with Gasteiger partial charge in [0.15, 0.2) is 0 Å². The monoisotopic (exact) mass is 313 g/mol. The third kappa shape index (κ3) is 2.78. The largest absolute Gasteiger partial charge is 0.397 e. The van der Waals surface area contributed by atoms with Gasteiger partial charge in [-0.05, 0) is 41.3 Å². The van der Waals surface area contributed by atoms with E-state index in [1.54, 1.807) is 6.20 Å². The first kappa shape index (κ1) is 13.6.